The van der Waals surface area contributed by atoms with E-state index >= 15 is 0 Å². The molecule has 8 unspecified atom stereocenters. The fourth-order valence-corrected chi connectivity index (χ4v) is 6.37. The molecule has 8 atom stereocenters. The Balaban J connectivity index is 1.41. The van der Waals surface area contributed by atoms with Gasteiger partial charge in [-0.25, -0.2) is 4.79 Å². The van der Waals surface area contributed by atoms with Crippen molar-refractivity contribution in [2.24, 2.45) is 35.5 Å². The molecule has 2 bridgehead atoms. The van der Waals surface area contributed by atoms with Crippen molar-refractivity contribution < 1.29 is 38.5 Å². The molecular weight excluding hydrogens is 416 g/mol. The first kappa shape index (κ1) is 22.8. The number of ether oxygens (including phenoxy) is 3. The molecule has 0 aromatic heterocycles. The molecule has 4 aliphatic rings. The van der Waals surface area contributed by atoms with Gasteiger partial charge >= 0.3 is 23.9 Å². The molecule has 0 radical (unpaired) electrons. The summed E-state index contributed by atoms with van der Waals surface area (Å²) in [7, 11) is 0. The van der Waals surface area contributed by atoms with Gasteiger partial charge in [-0.3, -0.25) is 14.4 Å². The van der Waals surface area contributed by atoms with E-state index in [0.717, 1.165) is 25.7 Å². The van der Waals surface area contributed by atoms with Gasteiger partial charge in [-0.15, -0.1) is 0 Å². The van der Waals surface area contributed by atoms with E-state index in [0.29, 0.717) is 18.4 Å². The van der Waals surface area contributed by atoms with Crippen molar-refractivity contribution in [3.05, 3.63) is 12.2 Å². The second-order valence-corrected chi connectivity index (χ2v) is 10.3. The highest BCUT2D eigenvalue weighted by Crippen LogP contribution is 2.58. The van der Waals surface area contributed by atoms with Crippen LogP contribution in [0.4, 0.5) is 0 Å². The van der Waals surface area contributed by atoms with E-state index in [4.69, 9.17) is 14.2 Å². The Bertz CT molecular complexity index is 841. The SMILES string of the molecule is C=C(C)C(=O)OC1(CC(C)C(C)C(=O)OC2C3CC4C2OC(=O)C4C3C(=O)O)CCCC1. The molecule has 32 heavy (non-hydrogen) atoms. The van der Waals surface area contributed by atoms with Crippen molar-refractivity contribution in [3.63, 3.8) is 0 Å². The van der Waals surface area contributed by atoms with Crippen molar-refractivity contribution in [2.45, 2.75) is 77.1 Å². The predicted molar refractivity (Wildman–Crippen MR) is 111 cm³/mol. The number of esters is 3. The van der Waals surface area contributed by atoms with E-state index < -0.39 is 65.4 Å². The minimum atomic E-state index is -1.04. The van der Waals surface area contributed by atoms with Gasteiger partial charge in [0.1, 0.15) is 17.8 Å². The second kappa shape index (κ2) is 8.19. The van der Waals surface area contributed by atoms with Gasteiger partial charge in [0.05, 0.1) is 17.8 Å². The molecule has 176 valence electrons. The van der Waals surface area contributed by atoms with Crippen molar-refractivity contribution >= 4 is 23.9 Å². The molecule has 0 amide bonds. The molecule has 4 rings (SSSR count). The summed E-state index contributed by atoms with van der Waals surface area (Å²) >= 11 is 0. The molecule has 3 saturated carbocycles. The zero-order valence-electron chi connectivity index (χ0n) is 18.9. The van der Waals surface area contributed by atoms with Crippen molar-refractivity contribution in [1.82, 2.24) is 0 Å². The van der Waals surface area contributed by atoms with Crippen LogP contribution in [0, 0.1) is 35.5 Å². The van der Waals surface area contributed by atoms with Gasteiger partial charge in [-0.2, -0.15) is 0 Å². The molecule has 0 spiro atoms. The monoisotopic (exact) mass is 448 g/mol. The fraction of sp³-hybridized carbons (Fsp3) is 0.750. The van der Waals surface area contributed by atoms with Gasteiger partial charge < -0.3 is 19.3 Å². The number of hydrogen-bond acceptors (Lipinski definition) is 7. The smallest absolute Gasteiger partial charge is 0.333 e. The first-order valence-corrected chi connectivity index (χ1v) is 11.6. The summed E-state index contributed by atoms with van der Waals surface area (Å²) in [6, 6.07) is 0. The molecule has 1 heterocycles. The molecule has 8 heteroatoms. The molecule has 3 aliphatic carbocycles. The predicted octanol–water partition coefficient (Wildman–Crippen LogP) is 2.88. The number of carbonyl (C=O) groups is 4. The van der Waals surface area contributed by atoms with E-state index in [1.165, 1.54) is 0 Å². The number of fused-ring (bicyclic) bond motifs is 1. The Morgan fingerprint density at radius 2 is 1.88 bits per heavy atom. The number of rotatable bonds is 8. The van der Waals surface area contributed by atoms with Crippen LogP contribution in [0.2, 0.25) is 0 Å². The first-order valence-electron chi connectivity index (χ1n) is 11.6. The Morgan fingerprint density at radius 1 is 1.22 bits per heavy atom. The summed E-state index contributed by atoms with van der Waals surface area (Å²) in [4.78, 5) is 49.1. The van der Waals surface area contributed by atoms with Gasteiger partial charge in [0.2, 0.25) is 0 Å². The number of hydrogen-bond donors (Lipinski definition) is 1. The van der Waals surface area contributed by atoms with Gasteiger partial charge in [0, 0.05) is 17.4 Å². The maximum absolute atomic E-state index is 13.0. The molecule has 4 fully saturated rings. The van der Waals surface area contributed by atoms with Crippen LogP contribution in [0.15, 0.2) is 12.2 Å². The van der Waals surface area contributed by atoms with Gasteiger partial charge in [-0.05, 0) is 51.4 Å². The van der Waals surface area contributed by atoms with Gasteiger partial charge in [0.25, 0.3) is 0 Å². The second-order valence-electron chi connectivity index (χ2n) is 10.3. The molecule has 0 aromatic rings. The first-order chi connectivity index (χ1) is 15.0. The van der Waals surface area contributed by atoms with E-state index in [-0.39, 0.29) is 11.8 Å². The van der Waals surface area contributed by atoms with E-state index in [1.807, 2.05) is 6.92 Å². The van der Waals surface area contributed by atoms with Crippen LogP contribution in [0.1, 0.15) is 59.3 Å². The van der Waals surface area contributed by atoms with E-state index in [9.17, 15) is 24.3 Å². The van der Waals surface area contributed by atoms with Crippen LogP contribution in [-0.2, 0) is 33.4 Å². The van der Waals surface area contributed by atoms with Crippen LogP contribution in [0.3, 0.4) is 0 Å². The fourth-order valence-electron chi connectivity index (χ4n) is 6.37. The van der Waals surface area contributed by atoms with Crippen LogP contribution in [-0.4, -0.2) is 46.8 Å². The molecular formula is C24H32O8. The average molecular weight is 449 g/mol. The Morgan fingerprint density at radius 3 is 2.47 bits per heavy atom. The maximum atomic E-state index is 13.0. The molecule has 8 nitrogen and oxygen atoms in total. The Hall–Kier alpha value is -2.38. The summed E-state index contributed by atoms with van der Waals surface area (Å²) in [5.74, 6) is -5.05. The standard InChI is InChI=1S/C24H32O8/c1-11(2)21(27)32-24(7-5-6-8-24)10-12(3)13(4)22(28)30-18-14-9-15-17(16(14)20(25)26)23(29)31-19(15)18/h12-19H,1,5-10H2,2-4H3,(H,25,26). The average Bonchev–Trinajstić information content (AvgIpc) is 3.45. The number of carbonyl (C=O) groups excluding carboxylic acids is 3. The summed E-state index contributed by atoms with van der Waals surface area (Å²) in [6.07, 6.45) is 3.24. The number of aliphatic carboxylic acids is 1. The maximum Gasteiger partial charge on any atom is 0.333 e. The molecule has 1 N–H and O–H groups in total. The highest BCUT2D eigenvalue weighted by Gasteiger charge is 2.70. The van der Waals surface area contributed by atoms with E-state index in [2.05, 4.69) is 6.58 Å². The largest absolute Gasteiger partial charge is 0.481 e. The van der Waals surface area contributed by atoms with Crippen LogP contribution < -0.4 is 0 Å². The zero-order chi connectivity index (χ0) is 23.4. The minimum Gasteiger partial charge on any atom is -0.481 e. The van der Waals surface area contributed by atoms with Crippen LogP contribution >= 0.6 is 0 Å². The third-order valence-corrected chi connectivity index (χ3v) is 8.18. The van der Waals surface area contributed by atoms with E-state index in [1.54, 1.807) is 13.8 Å². The topological polar surface area (TPSA) is 116 Å². The normalized spacial score (nSPS) is 35.8. The molecule has 0 aromatic carbocycles. The Labute approximate surface area is 187 Å². The van der Waals surface area contributed by atoms with Crippen LogP contribution in [0.25, 0.3) is 0 Å². The summed E-state index contributed by atoms with van der Waals surface area (Å²) in [5, 5.41) is 9.63. The quantitative estimate of drug-likeness (QED) is 0.342. The summed E-state index contributed by atoms with van der Waals surface area (Å²) in [5.41, 5.74) is -0.246. The van der Waals surface area contributed by atoms with Gasteiger partial charge in [0.15, 0.2) is 0 Å². The zero-order valence-corrected chi connectivity index (χ0v) is 18.9. The minimum absolute atomic E-state index is 0.119. The van der Waals surface area contributed by atoms with Crippen molar-refractivity contribution in [1.29, 1.82) is 0 Å². The van der Waals surface area contributed by atoms with Gasteiger partial charge in [-0.1, -0.05) is 20.4 Å². The molecule has 1 saturated heterocycles. The lowest BCUT2D eigenvalue weighted by molar-refractivity contribution is -0.170. The lowest BCUT2D eigenvalue weighted by Crippen LogP contribution is -2.44. The van der Waals surface area contributed by atoms with Crippen LogP contribution in [0.5, 0.6) is 0 Å². The highest BCUT2D eigenvalue weighted by molar-refractivity contribution is 5.87. The Kier molecular flexibility index (Phi) is 5.84. The third kappa shape index (κ3) is 3.71. The number of carboxylic acids is 1. The third-order valence-electron chi connectivity index (χ3n) is 8.18. The summed E-state index contributed by atoms with van der Waals surface area (Å²) < 4.78 is 17.0. The van der Waals surface area contributed by atoms with Crippen molar-refractivity contribution in [2.75, 3.05) is 0 Å². The van der Waals surface area contributed by atoms with Crippen molar-refractivity contribution in [3.8, 4) is 0 Å². The lowest BCUT2D eigenvalue weighted by atomic mass is 9.78. The lowest BCUT2D eigenvalue weighted by Gasteiger charge is -2.34. The number of carboxylic acid groups (broad SMARTS) is 1. The highest BCUT2D eigenvalue weighted by atomic mass is 16.6. The summed E-state index contributed by atoms with van der Waals surface area (Å²) in [6.45, 7) is 9.00. The molecule has 1 aliphatic heterocycles.